The van der Waals surface area contributed by atoms with Crippen LogP contribution in [-0.4, -0.2) is 17.1 Å². The van der Waals surface area contributed by atoms with Crippen LogP contribution in [0.4, 0.5) is 0 Å². The van der Waals surface area contributed by atoms with Crippen LogP contribution in [0.15, 0.2) is 12.1 Å². The summed E-state index contributed by atoms with van der Waals surface area (Å²) in [6.07, 6.45) is 0. The lowest BCUT2D eigenvalue weighted by molar-refractivity contribution is -0.141. The number of carboxylic acids is 1. The molecule has 0 fully saturated rings. The second kappa shape index (κ2) is 5.28. The van der Waals surface area contributed by atoms with E-state index in [2.05, 4.69) is 24.4 Å². The van der Waals surface area contributed by atoms with Crippen molar-refractivity contribution in [3.8, 4) is 0 Å². The number of rotatable bonds is 5. The molecule has 0 bridgehead atoms. The molecule has 0 aromatic carbocycles. The maximum Gasteiger partial charge on any atom is 0.307 e. The molecular weight excluding hydrogens is 210 g/mol. The van der Waals surface area contributed by atoms with E-state index in [-0.39, 0.29) is 12.0 Å². The molecule has 2 unspecified atom stereocenters. The van der Waals surface area contributed by atoms with E-state index in [0.29, 0.717) is 0 Å². The molecule has 1 aromatic heterocycles. The molecule has 0 aliphatic rings. The van der Waals surface area contributed by atoms with Crippen LogP contribution in [0.25, 0.3) is 0 Å². The minimum absolute atomic E-state index is 0.00935. The van der Waals surface area contributed by atoms with E-state index >= 15 is 0 Å². The highest BCUT2D eigenvalue weighted by Crippen LogP contribution is 2.15. The largest absolute Gasteiger partial charge is 0.481 e. The number of nitrogens with one attached hydrogen (secondary N) is 1. The SMILES string of the molecule is Cc1ccc(CNC(C)C(C)C(=O)O)s1. The van der Waals surface area contributed by atoms with Crippen LogP contribution >= 0.6 is 11.3 Å². The molecule has 0 saturated carbocycles. The predicted octanol–water partition coefficient (Wildman–Crippen LogP) is 2.26. The third-order valence-electron chi connectivity index (χ3n) is 2.53. The number of carboxylic acid groups (broad SMARTS) is 1. The second-order valence-electron chi connectivity index (χ2n) is 3.81. The number of hydrogen-bond acceptors (Lipinski definition) is 3. The van der Waals surface area contributed by atoms with Crippen molar-refractivity contribution in [3.63, 3.8) is 0 Å². The van der Waals surface area contributed by atoms with E-state index in [1.54, 1.807) is 18.3 Å². The summed E-state index contributed by atoms with van der Waals surface area (Å²) < 4.78 is 0. The molecule has 0 spiro atoms. The first-order valence-electron chi connectivity index (χ1n) is 5.02. The van der Waals surface area contributed by atoms with E-state index < -0.39 is 5.97 Å². The highest BCUT2D eigenvalue weighted by molar-refractivity contribution is 7.11. The molecule has 2 N–H and O–H groups in total. The first-order chi connectivity index (χ1) is 7.00. The van der Waals surface area contributed by atoms with Gasteiger partial charge in [-0.05, 0) is 26.0 Å². The fourth-order valence-corrected chi connectivity index (χ4v) is 2.07. The van der Waals surface area contributed by atoms with Crippen molar-refractivity contribution in [3.05, 3.63) is 21.9 Å². The normalized spacial score (nSPS) is 14.9. The van der Waals surface area contributed by atoms with E-state index in [0.717, 1.165) is 6.54 Å². The van der Waals surface area contributed by atoms with E-state index in [1.807, 2.05) is 6.92 Å². The van der Waals surface area contributed by atoms with Crippen LogP contribution in [0.5, 0.6) is 0 Å². The van der Waals surface area contributed by atoms with E-state index in [9.17, 15) is 4.79 Å². The molecule has 4 heteroatoms. The summed E-state index contributed by atoms with van der Waals surface area (Å²) in [6.45, 7) is 6.44. The first-order valence-corrected chi connectivity index (χ1v) is 5.84. The summed E-state index contributed by atoms with van der Waals surface area (Å²) in [5.41, 5.74) is 0. The highest BCUT2D eigenvalue weighted by atomic mass is 32.1. The van der Waals surface area contributed by atoms with Gasteiger partial charge in [-0.15, -0.1) is 11.3 Å². The zero-order valence-electron chi connectivity index (χ0n) is 9.28. The zero-order chi connectivity index (χ0) is 11.4. The van der Waals surface area contributed by atoms with Gasteiger partial charge in [0.15, 0.2) is 0 Å². The van der Waals surface area contributed by atoms with Crippen LogP contribution in [0, 0.1) is 12.8 Å². The zero-order valence-corrected chi connectivity index (χ0v) is 10.1. The van der Waals surface area contributed by atoms with Gasteiger partial charge in [0.1, 0.15) is 0 Å². The van der Waals surface area contributed by atoms with Gasteiger partial charge in [-0.1, -0.05) is 6.92 Å². The average molecular weight is 227 g/mol. The molecule has 0 aliphatic carbocycles. The van der Waals surface area contributed by atoms with Crippen LogP contribution in [-0.2, 0) is 11.3 Å². The Kier molecular flexibility index (Phi) is 4.29. The molecular formula is C11H17NO2S. The third-order valence-corrected chi connectivity index (χ3v) is 3.53. The molecule has 2 atom stereocenters. The van der Waals surface area contributed by atoms with Crippen molar-refractivity contribution in [2.75, 3.05) is 0 Å². The summed E-state index contributed by atoms with van der Waals surface area (Å²) in [7, 11) is 0. The topological polar surface area (TPSA) is 49.3 Å². The van der Waals surface area contributed by atoms with Crippen LogP contribution < -0.4 is 5.32 Å². The maximum absolute atomic E-state index is 10.7. The Morgan fingerprint density at radius 3 is 2.67 bits per heavy atom. The van der Waals surface area contributed by atoms with Gasteiger partial charge in [0, 0.05) is 22.3 Å². The molecule has 1 aromatic rings. The van der Waals surface area contributed by atoms with Gasteiger partial charge in [-0.2, -0.15) is 0 Å². The minimum Gasteiger partial charge on any atom is -0.481 e. The quantitative estimate of drug-likeness (QED) is 0.811. The second-order valence-corrected chi connectivity index (χ2v) is 5.18. The summed E-state index contributed by atoms with van der Waals surface area (Å²) in [5, 5.41) is 12.0. The van der Waals surface area contributed by atoms with Crippen molar-refractivity contribution in [2.45, 2.75) is 33.4 Å². The van der Waals surface area contributed by atoms with Crippen LogP contribution in [0.3, 0.4) is 0 Å². The molecule has 0 saturated heterocycles. The number of hydrogen-bond donors (Lipinski definition) is 2. The maximum atomic E-state index is 10.7. The Morgan fingerprint density at radius 1 is 1.53 bits per heavy atom. The van der Waals surface area contributed by atoms with Gasteiger partial charge in [-0.25, -0.2) is 0 Å². The molecule has 3 nitrogen and oxygen atoms in total. The minimum atomic E-state index is -0.752. The van der Waals surface area contributed by atoms with Gasteiger partial charge in [-0.3, -0.25) is 4.79 Å². The monoisotopic (exact) mass is 227 g/mol. The Hall–Kier alpha value is -0.870. The number of carbonyl (C=O) groups is 1. The fourth-order valence-electron chi connectivity index (χ4n) is 1.23. The lowest BCUT2D eigenvalue weighted by Gasteiger charge is -2.16. The third kappa shape index (κ3) is 3.64. The Labute approximate surface area is 94.1 Å². The smallest absolute Gasteiger partial charge is 0.307 e. The number of thiophene rings is 1. The molecule has 0 aliphatic heterocycles. The standard InChI is InChI=1S/C11H17NO2S/c1-7-4-5-10(15-7)6-12-9(3)8(2)11(13)14/h4-5,8-9,12H,6H2,1-3H3,(H,13,14). The van der Waals surface area contributed by atoms with E-state index in [1.165, 1.54) is 9.75 Å². The van der Waals surface area contributed by atoms with Crippen LogP contribution in [0.1, 0.15) is 23.6 Å². The molecule has 1 heterocycles. The fraction of sp³-hybridized carbons (Fsp3) is 0.545. The lowest BCUT2D eigenvalue weighted by Crippen LogP contribution is -2.35. The molecule has 0 amide bonds. The van der Waals surface area contributed by atoms with Gasteiger partial charge >= 0.3 is 5.97 Å². The van der Waals surface area contributed by atoms with Crippen LogP contribution in [0.2, 0.25) is 0 Å². The first kappa shape index (κ1) is 12.2. The summed E-state index contributed by atoms with van der Waals surface area (Å²) >= 11 is 1.74. The van der Waals surface area contributed by atoms with Gasteiger partial charge < -0.3 is 10.4 Å². The summed E-state index contributed by atoms with van der Waals surface area (Å²) in [6, 6.07) is 4.14. The molecule has 84 valence electrons. The Morgan fingerprint density at radius 2 is 2.20 bits per heavy atom. The number of aliphatic carboxylic acids is 1. The van der Waals surface area contributed by atoms with Crippen molar-refractivity contribution in [1.82, 2.24) is 5.32 Å². The molecule has 1 rings (SSSR count). The van der Waals surface area contributed by atoms with E-state index in [4.69, 9.17) is 5.11 Å². The van der Waals surface area contributed by atoms with Gasteiger partial charge in [0.25, 0.3) is 0 Å². The van der Waals surface area contributed by atoms with Crippen molar-refractivity contribution < 1.29 is 9.90 Å². The average Bonchev–Trinajstić information content (AvgIpc) is 2.59. The van der Waals surface area contributed by atoms with Gasteiger partial charge in [0.2, 0.25) is 0 Å². The Bertz CT molecular complexity index is 335. The van der Waals surface area contributed by atoms with Crippen molar-refractivity contribution >= 4 is 17.3 Å². The number of aryl methyl sites for hydroxylation is 1. The van der Waals surface area contributed by atoms with Crippen molar-refractivity contribution in [1.29, 1.82) is 0 Å². The lowest BCUT2D eigenvalue weighted by atomic mass is 10.0. The Balaban J connectivity index is 2.40. The molecule has 15 heavy (non-hydrogen) atoms. The summed E-state index contributed by atoms with van der Waals surface area (Å²) in [5.74, 6) is -1.11. The predicted molar refractivity (Wildman–Crippen MR) is 62.2 cm³/mol. The van der Waals surface area contributed by atoms with Gasteiger partial charge in [0.05, 0.1) is 5.92 Å². The summed E-state index contributed by atoms with van der Waals surface area (Å²) in [4.78, 5) is 13.2. The highest BCUT2D eigenvalue weighted by Gasteiger charge is 2.18. The van der Waals surface area contributed by atoms with Crippen molar-refractivity contribution in [2.24, 2.45) is 5.92 Å². The molecule has 0 radical (unpaired) electrons.